The Bertz CT molecular complexity index is 1340. The summed E-state index contributed by atoms with van der Waals surface area (Å²) in [5, 5.41) is 1.26. The Morgan fingerprint density at radius 2 is 1.66 bits per heavy atom. The summed E-state index contributed by atoms with van der Waals surface area (Å²) in [6, 6.07) is 20.5. The molecule has 0 atom stereocenters. The maximum Gasteiger partial charge on any atom is 0.129 e. The Hall–Kier alpha value is -3.02. The fourth-order valence-electron chi connectivity index (χ4n) is 5.89. The number of ether oxygens (including phenoxy) is 1. The zero-order valence-electron chi connectivity index (χ0n) is 19.9. The van der Waals surface area contributed by atoms with Crippen LogP contribution >= 0.6 is 0 Å². The van der Waals surface area contributed by atoms with Gasteiger partial charge in [0.15, 0.2) is 0 Å². The topological polar surface area (TPSA) is 17.4 Å². The molecule has 0 N–H and O–H groups in total. The molecule has 180 valence electrons. The highest BCUT2D eigenvalue weighted by Gasteiger charge is 2.43. The fraction of sp³-hybridized carbons (Fsp3) is 0.333. The molecule has 0 amide bonds. The number of hydrogen-bond donors (Lipinski definition) is 0. The highest BCUT2D eigenvalue weighted by Crippen LogP contribution is 2.44. The SMILES string of the molecule is Fc1ccc(-n2cc(CCCCN3CCC4(CC3)OCc3c(F)cccc34)c3ccccc32)cc1. The van der Waals surface area contributed by atoms with Gasteiger partial charge in [-0.3, -0.25) is 0 Å². The van der Waals surface area contributed by atoms with E-state index >= 15 is 0 Å². The third-order valence-corrected chi connectivity index (χ3v) is 7.84. The number of nitrogens with zero attached hydrogens (tertiary/aromatic N) is 2. The van der Waals surface area contributed by atoms with Gasteiger partial charge in [0.1, 0.15) is 11.6 Å². The van der Waals surface area contributed by atoms with Crippen molar-refractivity contribution < 1.29 is 13.5 Å². The second-order valence-corrected chi connectivity index (χ2v) is 9.87. The van der Waals surface area contributed by atoms with Crippen molar-refractivity contribution in [2.45, 2.75) is 44.3 Å². The number of fused-ring (bicyclic) bond motifs is 3. The molecule has 3 nitrogen and oxygen atoms in total. The van der Waals surface area contributed by atoms with Crippen molar-refractivity contribution in [1.82, 2.24) is 9.47 Å². The summed E-state index contributed by atoms with van der Waals surface area (Å²) >= 11 is 0. The van der Waals surface area contributed by atoms with Crippen LogP contribution < -0.4 is 0 Å². The van der Waals surface area contributed by atoms with Crippen LogP contribution in [0.5, 0.6) is 0 Å². The number of para-hydroxylation sites is 1. The van der Waals surface area contributed by atoms with E-state index in [1.807, 2.05) is 24.3 Å². The highest BCUT2D eigenvalue weighted by atomic mass is 19.1. The lowest BCUT2D eigenvalue weighted by Crippen LogP contribution is -2.42. The van der Waals surface area contributed by atoms with E-state index in [4.69, 9.17) is 4.74 Å². The van der Waals surface area contributed by atoms with E-state index in [1.165, 1.54) is 29.1 Å². The van der Waals surface area contributed by atoms with Gasteiger partial charge in [-0.1, -0.05) is 30.3 Å². The molecule has 35 heavy (non-hydrogen) atoms. The monoisotopic (exact) mass is 472 g/mol. The molecular weight excluding hydrogens is 442 g/mol. The van der Waals surface area contributed by atoms with E-state index < -0.39 is 0 Å². The Balaban J connectivity index is 1.06. The first-order valence-corrected chi connectivity index (χ1v) is 12.6. The van der Waals surface area contributed by atoms with E-state index in [2.05, 4.69) is 39.9 Å². The third-order valence-electron chi connectivity index (χ3n) is 7.84. The molecule has 0 radical (unpaired) electrons. The van der Waals surface area contributed by atoms with E-state index in [0.717, 1.165) is 74.1 Å². The molecule has 1 fully saturated rings. The molecule has 5 heteroatoms. The van der Waals surface area contributed by atoms with Crippen molar-refractivity contribution in [2.75, 3.05) is 19.6 Å². The number of aryl methyl sites for hydroxylation is 1. The largest absolute Gasteiger partial charge is 0.365 e. The van der Waals surface area contributed by atoms with Crippen LogP contribution in [0.15, 0.2) is 72.9 Å². The molecule has 0 bridgehead atoms. The van der Waals surface area contributed by atoms with Gasteiger partial charge < -0.3 is 14.2 Å². The molecule has 4 aromatic rings. The number of likely N-dealkylation sites (tertiary alicyclic amines) is 1. The fourth-order valence-corrected chi connectivity index (χ4v) is 5.89. The highest BCUT2D eigenvalue weighted by molar-refractivity contribution is 5.85. The van der Waals surface area contributed by atoms with Gasteiger partial charge in [0.05, 0.1) is 17.7 Å². The molecule has 3 heterocycles. The van der Waals surface area contributed by atoms with Crippen LogP contribution in [-0.2, 0) is 23.4 Å². The van der Waals surface area contributed by atoms with Crippen molar-refractivity contribution in [1.29, 1.82) is 0 Å². The quantitative estimate of drug-likeness (QED) is 0.289. The van der Waals surface area contributed by atoms with Crippen LogP contribution in [0.4, 0.5) is 8.78 Å². The van der Waals surface area contributed by atoms with Gasteiger partial charge in [-0.2, -0.15) is 0 Å². The first-order valence-electron chi connectivity index (χ1n) is 12.6. The van der Waals surface area contributed by atoms with Crippen LogP contribution in [0.25, 0.3) is 16.6 Å². The summed E-state index contributed by atoms with van der Waals surface area (Å²) in [4.78, 5) is 2.52. The molecule has 6 rings (SSSR count). The number of unbranched alkanes of at least 4 members (excludes halogenated alkanes) is 1. The standard InChI is InChI=1S/C30H30F2N2O/c31-23-11-13-24(14-12-23)34-20-22(25-7-1-2-10-29(25)34)6-3-4-17-33-18-15-30(16-19-33)27-8-5-9-28(32)26(27)21-35-30/h1-2,5,7-14,20H,3-4,6,15-19,21H2. The van der Waals surface area contributed by atoms with Crippen LogP contribution in [0.3, 0.4) is 0 Å². The van der Waals surface area contributed by atoms with Crippen molar-refractivity contribution >= 4 is 10.9 Å². The minimum absolute atomic E-state index is 0.136. The number of aromatic nitrogens is 1. The smallest absolute Gasteiger partial charge is 0.129 e. The molecule has 1 spiro atoms. The lowest BCUT2D eigenvalue weighted by atomic mass is 9.83. The molecule has 2 aliphatic heterocycles. The second kappa shape index (κ2) is 9.21. The maximum atomic E-state index is 14.2. The average molecular weight is 473 g/mol. The van der Waals surface area contributed by atoms with Crippen molar-refractivity contribution in [3.8, 4) is 5.69 Å². The number of rotatable bonds is 6. The molecule has 3 aromatic carbocycles. The van der Waals surface area contributed by atoms with Crippen LogP contribution in [0.2, 0.25) is 0 Å². The molecule has 0 unspecified atom stereocenters. The third kappa shape index (κ3) is 4.17. The average Bonchev–Trinajstić information content (AvgIpc) is 3.44. The normalized spacial score (nSPS) is 17.3. The Morgan fingerprint density at radius 1 is 0.857 bits per heavy atom. The number of piperidine rings is 1. The molecule has 1 saturated heterocycles. The van der Waals surface area contributed by atoms with Gasteiger partial charge >= 0.3 is 0 Å². The van der Waals surface area contributed by atoms with Crippen molar-refractivity contribution in [2.24, 2.45) is 0 Å². The Kier molecular flexibility index (Phi) is 5.91. The van der Waals surface area contributed by atoms with E-state index in [9.17, 15) is 8.78 Å². The summed E-state index contributed by atoms with van der Waals surface area (Å²) in [6.07, 6.45) is 7.32. The van der Waals surface area contributed by atoms with Crippen LogP contribution in [0, 0.1) is 11.6 Å². The lowest BCUT2D eigenvalue weighted by Gasteiger charge is -2.39. The maximum absolute atomic E-state index is 14.2. The van der Waals surface area contributed by atoms with Gasteiger partial charge in [0.2, 0.25) is 0 Å². The Morgan fingerprint density at radius 3 is 2.49 bits per heavy atom. The molecular formula is C30H30F2N2O. The van der Waals surface area contributed by atoms with E-state index in [0.29, 0.717) is 6.61 Å². The number of benzene rings is 3. The van der Waals surface area contributed by atoms with Crippen molar-refractivity contribution in [3.05, 3.63) is 101 Å². The first kappa shape index (κ1) is 22.4. The molecule has 2 aliphatic rings. The zero-order valence-corrected chi connectivity index (χ0v) is 19.9. The predicted octanol–water partition coefficient (Wildman–Crippen LogP) is 6.75. The van der Waals surface area contributed by atoms with Gasteiger partial charge in [-0.15, -0.1) is 0 Å². The minimum atomic E-state index is -0.296. The van der Waals surface area contributed by atoms with Crippen LogP contribution in [0.1, 0.15) is 42.4 Å². The summed E-state index contributed by atoms with van der Waals surface area (Å²) in [6.45, 7) is 3.44. The Labute approximate surface area is 204 Å². The van der Waals surface area contributed by atoms with Gasteiger partial charge in [0.25, 0.3) is 0 Å². The number of halogens is 2. The summed E-state index contributed by atoms with van der Waals surface area (Å²) in [5.74, 6) is -0.354. The lowest BCUT2D eigenvalue weighted by molar-refractivity contribution is -0.0790. The van der Waals surface area contributed by atoms with Gasteiger partial charge in [-0.25, -0.2) is 8.78 Å². The van der Waals surface area contributed by atoms with E-state index in [-0.39, 0.29) is 17.2 Å². The molecule has 0 aliphatic carbocycles. The second-order valence-electron chi connectivity index (χ2n) is 9.87. The minimum Gasteiger partial charge on any atom is -0.365 e. The van der Waals surface area contributed by atoms with Crippen molar-refractivity contribution in [3.63, 3.8) is 0 Å². The number of hydrogen-bond acceptors (Lipinski definition) is 2. The first-order chi connectivity index (χ1) is 17.1. The summed E-state index contributed by atoms with van der Waals surface area (Å²) in [7, 11) is 0. The van der Waals surface area contributed by atoms with E-state index in [1.54, 1.807) is 0 Å². The van der Waals surface area contributed by atoms with Gasteiger partial charge in [0, 0.05) is 35.9 Å². The zero-order chi connectivity index (χ0) is 23.8. The van der Waals surface area contributed by atoms with Crippen LogP contribution in [-0.4, -0.2) is 29.1 Å². The molecule has 0 saturated carbocycles. The summed E-state index contributed by atoms with van der Waals surface area (Å²) < 4.78 is 35.9. The summed E-state index contributed by atoms with van der Waals surface area (Å²) in [5.41, 5.74) is 4.99. The molecule has 1 aromatic heterocycles. The predicted molar refractivity (Wildman–Crippen MR) is 135 cm³/mol. The van der Waals surface area contributed by atoms with Gasteiger partial charge in [-0.05, 0) is 86.2 Å².